The van der Waals surface area contributed by atoms with E-state index in [1.165, 1.54) is 0 Å². The molecule has 2 rings (SSSR count). The zero-order valence-corrected chi connectivity index (χ0v) is 12.9. The maximum absolute atomic E-state index is 12.7. The van der Waals surface area contributed by atoms with Crippen molar-refractivity contribution in [3.8, 4) is 0 Å². The molecule has 0 bridgehead atoms. The van der Waals surface area contributed by atoms with E-state index in [-0.39, 0.29) is 6.04 Å². The second-order valence-corrected chi connectivity index (χ2v) is 7.17. The molecule has 1 unspecified atom stereocenters. The highest BCUT2D eigenvalue weighted by Gasteiger charge is 2.32. The van der Waals surface area contributed by atoms with E-state index in [0.29, 0.717) is 11.4 Å². The quantitative estimate of drug-likeness (QED) is 0.819. The zero-order valence-electron chi connectivity index (χ0n) is 12.1. The molecule has 0 aliphatic carbocycles. The summed E-state index contributed by atoms with van der Waals surface area (Å²) < 4.78 is 27.1. The van der Waals surface area contributed by atoms with Gasteiger partial charge in [-0.15, -0.1) is 0 Å². The summed E-state index contributed by atoms with van der Waals surface area (Å²) in [5.41, 5.74) is 0. The standard InChI is InChI=1S/C15H24N2O2S/c1-2-11-16-13-14-8-6-7-12-17(14)20(18,19)15-9-4-3-5-10-15/h3-5,9-10,14,16H,2,6-8,11-13H2,1H3. The first-order valence-electron chi connectivity index (χ1n) is 7.44. The molecule has 1 aliphatic rings. The van der Waals surface area contributed by atoms with Gasteiger partial charge >= 0.3 is 0 Å². The molecule has 20 heavy (non-hydrogen) atoms. The van der Waals surface area contributed by atoms with Crippen LogP contribution in [0.25, 0.3) is 0 Å². The molecule has 0 saturated carbocycles. The van der Waals surface area contributed by atoms with Gasteiger partial charge in [0.25, 0.3) is 0 Å². The highest BCUT2D eigenvalue weighted by molar-refractivity contribution is 7.89. The Morgan fingerprint density at radius 2 is 2.00 bits per heavy atom. The van der Waals surface area contributed by atoms with Gasteiger partial charge in [0.05, 0.1) is 4.90 Å². The lowest BCUT2D eigenvalue weighted by Gasteiger charge is -2.34. The van der Waals surface area contributed by atoms with Crippen LogP contribution in [0, 0.1) is 0 Å². The van der Waals surface area contributed by atoms with Crippen molar-refractivity contribution in [2.45, 2.75) is 43.5 Å². The predicted molar refractivity (Wildman–Crippen MR) is 81.1 cm³/mol. The van der Waals surface area contributed by atoms with Crippen LogP contribution in [0.4, 0.5) is 0 Å². The number of benzene rings is 1. The van der Waals surface area contributed by atoms with Crippen LogP contribution in [-0.4, -0.2) is 38.4 Å². The van der Waals surface area contributed by atoms with Crippen molar-refractivity contribution in [3.63, 3.8) is 0 Å². The topological polar surface area (TPSA) is 49.4 Å². The monoisotopic (exact) mass is 296 g/mol. The first kappa shape index (κ1) is 15.5. The number of nitrogens with one attached hydrogen (secondary N) is 1. The first-order valence-corrected chi connectivity index (χ1v) is 8.88. The fourth-order valence-electron chi connectivity index (χ4n) is 2.67. The fourth-order valence-corrected chi connectivity index (χ4v) is 4.38. The molecule has 1 saturated heterocycles. The van der Waals surface area contributed by atoms with E-state index in [9.17, 15) is 8.42 Å². The number of sulfonamides is 1. The van der Waals surface area contributed by atoms with Crippen molar-refractivity contribution >= 4 is 10.0 Å². The summed E-state index contributed by atoms with van der Waals surface area (Å²) in [6, 6.07) is 8.85. The second-order valence-electron chi connectivity index (χ2n) is 5.28. The normalized spacial score (nSPS) is 20.9. The maximum Gasteiger partial charge on any atom is 0.243 e. The Morgan fingerprint density at radius 1 is 1.25 bits per heavy atom. The Labute approximate surface area is 122 Å². The van der Waals surface area contributed by atoms with E-state index in [4.69, 9.17) is 0 Å². The van der Waals surface area contributed by atoms with Gasteiger partial charge in [-0.25, -0.2) is 8.42 Å². The van der Waals surface area contributed by atoms with Crippen LogP contribution in [0.15, 0.2) is 35.2 Å². The minimum absolute atomic E-state index is 0.0838. The van der Waals surface area contributed by atoms with Gasteiger partial charge in [-0.3, -0.25) is 0 Å². The summed E-state index contributed by atoms with van der Waals surface area (Å²) in [5.74, 6) is 0. The minimum Gasteiger partial charge on any atom is -0.315 e. The van der Waals surface area contributed by atoms with E-state index in [1.807, 2.05) is 6.07 Å². The van der Waals surface area contributed by atoms with Crippen LogP contribution in [0.3, 0.4) is 0 Å². The fraction of sp³-hybridized carbons (Fsp3) is 0.600. The van der Waals surface area contributed by atoms with Gasteiger partial charge in [0.1, 0.15) is 0 Å². The van der Waals surface area contributed by atoms with E-state index >= 15 is 0 Å². The summed E-state index contributed by atoms with van der Waals surface area (Å²) in [5, 5.41) is 3.35. The van der Waals surface area contributed by atoms with Gasteiger partial charge in [-0.2, -0.15) is 4.31 Å². The van der Waals surface area contributed by atoms with Crippen molar-refractivity contribution in [3.05, 3.63) is 30.3 Å². The SMILES string of the molecule is CCCNCC1CCCCN1S(=O)(=O)c1ccccc1. The molecule has 1 atom stereocenters. The van der Waals surface area contributed by atoms with Gasteiger partial charge in [0.2, 0.25) is 10.0 Å². The Hall–Kier alpha value is -0.910. The van der Waals surface area contributed by atoms with Gasteiger partial charge < -0.3 is 5.32 Å². The number of hydrogen-bond donors (Lipinski definition) is 1. The summed E-state index contributed by atoms with van der Waals surface area (Å²) in [7, 11) is -3.36. The molecular weight excluding hydrogens is 272 g/mol. The average Bonchev–Trinajstić information content (AvgIpc) is 2.49. The summed E-state index contributed by atoms with van der Waals surface area (Å²) >= 11 is 0. The molecule has 1 aromatic rings. The Kier molecular flexibility index (Phi) is 5.57. The number of rotatable bonds is 6. The van der Waals surface area contributed by atoms with Crippen LogP contribution in [0.5, 0.6) is 0 Å². The Morgan fingerprint density at radius 3 is 2.70 bits per heavy atom. The molecular formula is C15H24N2O2S. The molecule has 5 heteroatoms. The van der Waals surface area contributed by atoms with Crippen molar-refractivity contribution in [1.82, 2.24) is 9.62 Å². The Bertz CT molecular complexity index is 502. The van der Waals surface area contributed by atoms with Crippen molar-refractivity contribution in [1.29, 1.82) is 0 Å². The second kappa shape index (κ2) is 7.20. The molecule has 1 heterocycles. The summed E-state index contributed by atoms with van der Waals surface area (Å²) in [4.78, 5) is 0.405. The van der Waals surface area contributed by atoms with Gasteiger partial charge in [-0.1, -0.05) is 31.5 Å². The third-order valence-corrected chi connectivity index (χ3v) is 5.70. The van der Waals surface area contributed by atoms with Gasteiger partial charge in [-0.05, 0) is 37.9 Å². The molecule has 1 fully saturated rings. The minimum atomic E-state index is -3.36. The highest BCUT2D eigenvalue weighted by atomic mass is 32.2. The number of piperidine rings is 1. The number of hydrogen-bond acceptors (Lipinski definition) is 3. The smallest absolute Gasteiger partial charge is 0.243 e. The van der Waals surface area contributed by atoms with Crippen molar-refractivity contribution in [2.24, 2.45) is 0 Å². The van der Waals surface area contributed by atoms with Crippen molar-refractivity contribution in [2.75, 3.05) is 19.6 Å². The molecule has 0 spiro atoms. The third kappa shape index (κ3) is 3.59. The highest BCUT2D eigenvalue weighted by Crippen LogP contribution is 2.24. The number of nitrogens with zero attached hydrogens (tertiary/aromatic N) is 1. The molecule has 4 nitrogen and oxygen atoms in total. The summed E-state index contributed by atoms with van der Waals surface area (Å²) in [6.07, 6.45) is 4.08. The van der Waals surface area contributed by atoms with Crippen LogP contribution in [0.2, 0.25) is 0 Å². The molecule has 0 aromatic heterocycles. The zero-order chi connectivity index (χ0) is 14.4. The van der Waals surface area contributed by atoms with E-state index in [2.05, 4.69) is 12.2 Å². The van der Waals surface area contributed by atoms with Gasteiger partial charge in [0.15, 0.2) is 0 Å². The molecule has 1 aliphatic heterocycles. The van der Waals surface area contributed by atoms with E-state index in [1.54, 1.807) is 28.6 Å². The molecule has 0 radical (unpaired) electrons. The third-order valence-electron chi connectivity index (χ3n) is 3.73. The van der Waals surface area contributed by atoms with Crippen LogP contribution >= 0.6 is 0 Å². The van der Waals surface area contributed by atoms with Crippen LogP contribution in [0.1, 0.15) is 32.6 Å². The first-order chi connectivity index (χ1) is 9.66. The lowest BCUT2D eigenvalue weighted by atomic mass is 10.1. The largest absolute Gasteiger partial charge is 0.315 e. The maximum atomic E-state index is 12.7. The summed E-state index contributed by atoms with van der Waals surface area (Å²) in [6.45, 7) is 4.44. The molecule has 1 aromatic carbocycles. The molecule has 1 N–H and O–H groups in total. The lowest BCUT2D eigenvalue weighted by Crippen LogP contribution is -2.48. The predicted octanol–water partition coefficient (Wildman–Crippen LogP) is 2.23. The van der Waals surface area contributed by atoms with Crippen LogP contribution in [-0.2, 0) is 10.0 Å². The lowest BCUT2D eigenvalue weighted by molar-refractivity contribution is 0.246. The Balaban J connectivity index is 2.14. The van der Waals surface area contributed by atoms with Crippen LogP contribution < -0.4 is 5.32 Å². The van der Waals surface area contributed by atoms with E-state index in [0.717, 1.165) is 38.8 Å². The van der Waals surface area contributed by atoms with E-state index < -0.39 is 10.0 Å². The molecule has 0 amide bonds. The molecule has 112 valence electrons. The van der Waals surface area contributed by atoms with Crippen molar-refractivity contribution < 1.29 is 8.42 Å². The average molecular weight is 296 g/mol. The van der Waals surface area contributed by atoms with Gasteiger partial charge in [0, 0.05) is 19.1 Å².